The summed E-state index contributed by atoms with van der Waals surface area (Å²) in [6, 6.07) is 7.24. The first-order valence-electron chi connectivity index (χ1n) is 7.50. The van der Waals surface area contributed by atoms with Crippen LogP contribution in [0.25, 0.3) is 0 Å². The molecule has 2 rings (SSSR count). The van der Waals surface area contributed by atoms with Crippen LogP contribution in [0.1, 0.15) is 48.9 Å². The van der Waals surface area contributed by atoms with Gasteiger partial charge in [0.15, 0.2) is 0 Å². The molecule has 2 heteroatoms. The number of hydrogen-bond donors (Lipinski definition) is 1. The molecule has 0 radical (unpaired) electrons. The Morgan fingerprint density at radius 1 is 1.32 bits per heavy atom. The first kappa shape index (κ1) is 14.5. The Bertz CT molecular complexity index is 410. The molecule has 0 aromatic heterocycles. The fourth-order valence-electron chi connectivity index (χ4n) is 3.11. The van der Waals surface area contributed by atoms with Gasteiger partial charge in [0.05, 0.1) is 6.10 Å². The van der Waals surface area contributed by atoms with Crippen molar-refractivity contribution < 1.29 is 4.74 Å². The summed E-state index contributed by atoms with van der Waals surface area (Å²) in [6.45, 7) is 7.32. The summed E-state index contributed by atoms with van der Waals surface area (Å²) >= 11 is 0. The Hall–Kier alpha value is -0.860. The Morgan fingerprint density at radius 2 is 2.05 bits per heavy atom. The van der Waals surface area contributed by atoms with Crippen LogP contribution in [0.5, 0.6) is 0 Å². The molecular weight excluding hydrogens is 234 g/mol. The molecule has 2 nitrogen and oxygen atoms in total. The van der Waals surface area contributed by atoms with Crippen molar-refractivity contribution in [2.24, 2.45) is 5.92 Å². The van der Waals surface area contributed by atoms with E-state index in [2.05, 4.69) is 51.3 Å². The molecule has 0 saturated heterocycles. The first-order chi connectivity index (χ1) is 9.13. The van der Waals surface area contributed by atoms with Crippen molar-refractivity contribution >= 4 is 0 Å². The fourth-order valence-corrected chi connectivity index (χ4v) is 3.11. The van der Waals surface area contributed by atoms with Crippen molar-refractivity contribution in [2.45, 2.75) is 52.2 Å². The third-order valence-electron chi connectivity index (χ3n) is 4.32. The molecular formula is C17H27NO. The third-order valence-corrected chi connectivity index (χ3v) is 4.32. The summed E-state index contributed by atoms with van der Waals surface area (Å²) in [7, 11) is 2.07. The van der Waals surface area contributed by atoms with Crippen molar-refractivity contribution in [2.75, 3.05) is 13.7 Å². The molecule has 1 unspecified atom stereocenters. The molecule has 0 aliphatic heterocycles. The lowest BCUT2D eigenvalue weighted by atomic mass is 9.76. The maximum absolute atomic E-state index is 5.65. The van der Waals surface area contributed by atoms with Crippen LogP contribution < -0.4 is 5.32 Å². The molecule has 0 heterocycles. The predicted octanol–water partition coefficient (Wildman–Crippen LogP) is 3.77. The van der Waals surface area contributed by atoms with E-state index >= 15 is 0 Å². The van der Waals surface area contributed by atoms with Gasteiger partial charge in [0.1, 0.15) is 0 Å². The number of nitrogens with one attached hydrogen (secondary N) is 1. The molecule has 1 fully saturated rings. The summed E-state index contributed by atoms with van der Waals surface area (Å²) in [4.78, 5) is 0. The third kappa shape index (κ3) is 3.58. The smallest absolute Gasteiger partial charge is 0.0580 e. The average Bonchev–Trinajstić information content (AvgIpc) is 2.35. The van der Waals surface area contributed by atoms with Crippen LogP contribution in [-0.2, 0) is 4.74 Å². The molecule has 0 spiro atoms. The standard InChI is InChI=1S/C17H27NO/c1-5-19-15-9-14(10-15)11-17(18-4)16-8-12(2)6-7-13(16)3/h6-8,14-15,17-18H,5,9-11H2,1-4H3. The van der Waals surface area contributed by atoms with Gasteiger partial charge in [-0.2, -0.15) is 0 Å². The average molecular weight is 261 g/mol. The fraction of sp³-hybridized carbons (Fsp3) is 0.647. The Kier molecular flexibility index (Phi) is 5.00. The van der Waals surface area contributed by atoms with E-state index in [0.29, 0.717) is 12.1 Å². The van der Waals surface area contributed by atoms with Gasteiger partial charge in [0, 0.05) is 12.6 Å². The maximum Gasteiger partial charge on any atom is 0.0580 e. The second-order valence-electron chi connectivity index (χ2n) is 5.85. The van der Waals surface area contributed by atoms with Gasteiger partial charge in [-0.05, 0) is 64.1 Å². The minimum absolute atomic E-state index is 0.479. The highest BCUT2D eigenvalue weighted by molar-refractivity contribution is 5.33. The number of benzene rings is 1. The number of aryl methyl sites for hydroxylation is 2. The molecule has 1 aliphatic rings. The van der Waals surface area contributed by atoms with Gasteiger partial charge < -0.3 is 10.1 Å². The van der Waals surface area contributed by atoms with Crippen LogP contribution in [0.4, 0.5) is 0 Å². The van der Waals surface area contributed by atoms with Gasteiger partial charge in [-0.15, -0.1) is 0 Å². The van der Waals surface area contributed by atoms with E-state index in [-0.39, 0.29) is 0 Å². The molecule has 1 saturated carbocycles. The molecule has 0 amide bonds. The van der Waals surface area contributed by atoms with Crippen molar-refractivity contribution in [1.29, 1.82) is 0 Å². The molecule has 0 bridgehead atoms. The van der Waals surface area contributed by atoms with Gasteiger partial charge in [0.2, 0.25) is 0 Å². The number of rotatable bonds is 6. The van der Waals surface area contributed by atoms with E-state index < -0.39 is 0 Å². The van der Waals surface area contributed by atoms with Crippen LogP contribution in [0.15, 0.2) is 18.2 Å². The van der Waals surface area contributed by atoms with Gasteiger partial charge in [-0.25, -0.2) is 0 Å². The van der Waals surface area contributed by atoms with Gasteiger partial charge in [-0.1, -0.05) is 23.8 Å². The molecule has 1 aliphatic carbocycles. The van der Waals surface area contributed by atoms with Crippen LogP contribution in [0.3, 0.4) is 0 Å². The molecule has 19 heavy (non-hydrogen) atoms. The molecule has 106 valence electrons. The zero-order chi connectivity index (χ0) is 13.8. The molecule has 1 atom stereocenters. The lowest BCUT2D eigenvalue weighted by molar-refractivity contribution is -0.0289. The topological polar surface area (TPSA) is 21.3 Å². The molecule has 1 N–H and O–H groups in total. The summed E-state index contributed by atoms with van der Waals surface area (Å²) in [5, 5.41) is 3.49. The highest BCUT2D eigenvalue weighted by Gasteiger charge is 2.31. The monoisotopic (exact) mass is 261 g/mol. The zero-order valence-corrected chi connectivity index (χ0v) is 12.7. The SMILES string of the molecule is CCOC1CC(CC(NC)c2cc(C)ccc2C)C1. The van der Waals surface area contributed by atoms with Crippen molar-refractivity contribution in [3.8, 4) is 0 Å². The Labute approximate surface area is 117 Å². The highest BCUT2D eigenvalue weighted by atomic mass is 16.5. The van der Waals surface area contributed by atoms with Gasteiger partial charge in [-0.3, -0.25) is 0 Å². The second kappa shape index (κ2) is 6.53. The number of ether oxygens (including phenoxy) is 1. The summed E-state index contributed by atoms with van der Waals surface area (Å²) < 4.78 is 5.65. The van der Waals surface area contributed by atoms with E-state index in [9.17, 15) is 0 Å². The largest absolute Gasteiger partial charge is 0.378 e. The van der Waals surface area contributed by atoms with Crippen molar-refractivity contribution in [1.82, 2.24) is 5.32 Å². The lowest BCUT2D eigenvalue weighted by Crippen LogP contribution is -2.34. The minimum atomic E-state index is 0.479. The lowest BCUT2D eigenvalue weighted by Gasteiger charge is -2.37. The van der Waals surface area contributed by atoms with Gasteiger partial charge >= 0.3 is 0 Å². The summed E-state index contributed by atoms with van der Waals surface area (Å²) in [5.74, 6) is 0.814. The van der Waals surface area contributed by atoms with E-state index in [4.69, 9.17) is 4.74 Å². The Morgan fingerprint density at radius 3 is 2.68 bits per heavy atom. The van der Waals surface area contributed by atoms with E-state index in [0.717, 1.165) is 12.5 Å². The van der Waals surface area contributed by atoms with Crippen molar-refractivity contribution in [3.05, 3.63) is 34.9 Å². The highest BCUT2D eigenvalue weighted by Crippen LogP contribution is 2.37. The summed E-state index contributed by atoms with van der Waals surface area (Å²) in [6.07, 6.45) is 4.21. The summed E-state index contributed by atoms with van der Waals surface area (Å²) in [5.41, 5.74) is 4.20. The minimum Gasteiger partial charge on any atom is -0.378 e. The number of hydrogen-bond acceptors (Lipinski definition) is 2. The van der Waals surface area contributed by atoms with E-state index in [1.54, 1.807) is 0 Å². The Balaban J connectivity index is 1.95. The quantitative estimate of drug-likeness (QED) is 0.841. The normalized spacial score (nSPS) is 24.0. The zero-order valence-electron chi connectivity index (χ0n) is 12.7. The second-order valence-corrected chi connectivity index (χ2v) is 5.85. The van der Waals surface area contributed by atoms with Crippen LogP contribution in [0.2, 0.25) is 0 Å². The predicted molar refractivity (Wildman–Crippen MR) is 80.5 cm³/mol. The van der Waals surface area contributed by atoms with Gasteiger partial charge in [0.25, 0.3) is 0 Å². The van der Waals surface area contributed by atoms with Crippen LogP contribution in [0, 0.1) is 19.8 Å². The van der Waals surface area contributed by atoms with E-state index in [1.165, 1.54) is 36.0 Å². The van der Waals surface area contributed by atoms with Crippen molar-refractivity contribution in [3.63, 3.8) is 0 Å². The van der Waals surface area contributed by atoms with Crippen LogP contribution >= 0.6 is 0 Å². The maximum atomic E-state index is 5.65. The van der Waals surface area contributed by atoms with Crippen LogP contribution in [-0.4, -0.2) is 19.8 Å². The van der Waals surface area contributed by atoms with E-state index in [1.807, 2.05) is 0 Å². The molecule has 1 aromatic rings. The molecule has 1 aromatic carbocycles. The first-order valence-corrected chi connectivity index (χ1v) is 7.50.